The highest BCUT2D eigenvalue weighted by Crippen LogP contribution is 2.24. The van der Waals surface area contributed by atoms with Crippen LogP contribution in [0.15, 0.2) is 36.8 Å². The molecule has 0 spiro atoms. The summed E-state index contributed by atoms with van der Waals surface area (Å²) in [5.41, 5.74) is 7.65. The van der Waals surface area contributed by atoms with Gasteiger partial charge in [-0.3, -0.25) is 4.98 Å². The molecule has 4 heteroatoms. The van der Waals surface area contributed by atoms with E-state index >= 15 is 0 Å². The van der Waals surface area contributed by atoms with E-state index in [1.54, 1.807) is 12.4 Å². The van der Waals surface area contributed by atoms with E-state index in [0.717, 1.165) is 41.9 Å². The smallest absolute Gasteiger partial charge is 0.155 e. The Hall–Kier alpha value is -2.49. The van der Waals surface area contributed by atoms with Crippen LogP contribution in [0.25, 0.3) is 5.65 Å². The Morgan fingerprint density at radius 3 is 3.10 bits per heavy atom. The molecule has 2 heterocycles. The number of fused-ring (bicyclic) bond motifs is 2. The van der Waals surface area contributed by atoms with E-state index in [1.807, 2.05) is 13.1 Å². The Bertz CT molecular complexity index is 860. The lowest BCUT2D eigenvalue weighted by molar-refractivity contribution is 0.990. The fraction of sp³-hybridized carbons (Fsp3) is 0.235. The minimum Gasteiger partial charge on any atom is -0.305 e. The molecule has 3 aromatic rings. The molecule has 1 aliphatic rings. The van der Waals surface area contributed by atoms with E-state index in [1.165, 1.54) is 16.8 Å². The van der Waals surface area contributed by atoms with Crippen molar-refractivity contribution in [3.8, 4) is 0 Å². The third kappa shape index (κ3) is 1.95. The lowest BCUT2D eigenvalue weighted by atomic mass is 10.0. The highest BCUT2D eigenvalue weighted by Gasteiger charge is 2.17. The molecule has 104 valence electrons. The van der Waals surface area contributed by atoms with E-state index in [4.69, 9.17) is 5.41 Å². The number of hydrogen-bond acceptors (Lipinski definition) is 3. The molecular weight excluding hydrogens is 260 g/mol. The number of nitrogens with zero attached hydrogens (tertiary/aromatic N) is 3. The van der Waals surface area contributed by atoms with Gasteiger partial charge in [0.15, 0.2) is 5.65 Å². The maximum absolute atomic E-state index is 7.92. The largest absolute Gasteiger partial charge is 0.305 e. The monoisotopic (exact) mass is 276 g/mol. The first-order chi connectivity index (χ1) is 10.2. The average Bonchev–Trinajstić information content (AvgIpc) is 3.01. The van der Waals surface area contributed by atoms with Crippen LogP contribution in [0, 0.1) is 12.3 Å². The average molecular weight is 276 g/mol. The third-order valence-electron chi connectivity index (χ3n) is 4.24. The van der Waals surface area contributed by atoms with Gasteiger partial charge in [0.1, 0.15) is 0 Å². The summed E-state index contributed by atoms with van der Waals surface area (Å²) in [6, 6.07) is 6.48. The zero-order valence-corrected chi connectivity index (χ0v) is 11.9. The van der Waals surface area contributed by atoms with Crippen LogP contribution in [0.5, 0.6) is 0 Å². The van der Waals surface area contributed by atoms with Gasteiger partial charge in [0, 0.05) is 30.2 Å². The van der Waals surface area contributed by atoms with Crippen LogP contribution in [0.2, 0.25) is 0 Å². The first kappa shape index (κ1) is 12.3. The lowest BCUT2D eigenvalue weighted by Gasteiger charge is -2.06. The molecule has 0 amide bonds. The van der Waals surface area contributed by atoms with Crippen molar-refractivity contribution in [1.82, 2.24) is 14.4 Å². The molecule has 4 rings (SSSR count). The van der Waals surface area contributed by atoms with Gasteiger partial charge in [0.25, 0.3) is 0 Å². The first-order valence-electron chi connectivity index (χ1n) is 7.19. The van der Waals surface area contributed by atoms with Gasteiger partial charge in [-0.2, -0.15) is 0 Å². The Balaban J connectivity index is 1.75. The molecule has 0 aliphatic heterocycles. The van der Waals surface area contributed by atoms with Crippen LogP contribution in [-0.4, -0.2) is 20.1 Å². The second kappa shape index (κ2) is 4.52. The van der Waals surface area contributed by atoms with Gasteiger partial charge in [0.2, 0.25) is 0 Å². The van der Waals surface area contributed by atoms with Crippen LogP contribution in [0.4, 0.5) is 0 Å². The summed E-state index contributed by atoms with van der Waals surface area (Å²) in [5.74, 6) is 0. The molecule has 21 heavy (non-hydrogen) atoms. The molecule has 1 N–H and O–H groups in total. The number of benzene rings is 1. The molecule has 0 saturated carbocycles. The quantitative estimate of drug-likeness (QED) is 0.782. The van der Waals surface area contributed by atoms with E-state index in [0.29, 0.717) is 0 Å². The maximum atomic E-state index is 7.92. The van der Waals surface area contributed by atoms with Crippen LogP contribution >= 0.6 is 0 Å². The number of rotatable bonds is 2. The van der Waals surface area contributed by atoms with Crippen molar-refractivity contribution in [3.05, 3.63) is 64.9 Å². The molecule has 1 aromatic carbocycles. The van der Waals surface area contributed by atoms with Gasteiger partial charge < -0.3 is 9.81 Å². The zero-order valence-electron chi connectivity index (χ0n) is 11.9. The summed E-state index contributed by atoms with van der Waals surface area (Å²) in [4.78, 5) is 8.68. The number of imidazole rings is 1. The van der Waals surface area contributed by atoms with Gasteiger partial charge in [-0.15, -0.1) is 0 Å². The van der Waals surface area contributed by atoms with Crippen molar-refractivity contribution < 1.29 is 0 Å². The number of hydrogen-bond donors (Lipinski definition) is 1. The number of nitrogens with one attached hydrogen (secondary N) is 1. The van der Waals surface area contributed by atoms with Crippen molar-refractivity contribution in [1.29, 1.82) is 5.41 Å². The highest BCUT2D eigenvalue weighted by molar-refractivity contribution is 6.02. The molecule has 0 bridgehead atoms. The molecular formula is C17H16N4. The predicted octanol–water partition coefficient (Wildman–Crippen LogP) is 2.94. The van der Waals surface area contributed by atoms with Crippen molar-refractivity contribution in [2.45, 2.75) is 26.2 Å². The third-order valence-corrected chi connectivity index (χ3v) is 4.24. The summed E-state index contributed by atoms with van der Waals surface area (Å²) < 4.78 is 2.11. The van der Waals surface area contributed by atoms with Gasteiger partial charge in [-0.1, -0.05) is 18.2 Å². The maximum Gasteiger partial charge on any atom is 0.155 e. The van der Waals surface area contributed by atoms with E-state index in [-0.39, 0.29) is 0 Å². The molecule has 0 fully saturated rings. The van der Waals surface area contributed by atoms with Crippen LogP contribution in [0.3, 0.4) is 0 Å². The topological polar surface area (TPSA) is 54.0 Å². The lowest BCUT2D eigenvalue weighted by Crippen LogP contribution is -1.98. The Morgan fingerprint density at radius 1 is 1.29 bits per heavy atom. The second-order valence-corrected chi connectivity index (χ2v) is 5.60. The summed E-state index contributed by atoms with van der Waals surface area (Å²) in [6.45, 7) is 2.05. The number of aryl methyl sites for hydroxylation is 2. The van der Waals surface area contributed by atoms with Crippen LogP contribution < -0.4 is 0 Å². The van der Waals surface area contributed by atoms with Crippen LogP contribution in [0.1, 0.15) is 34.5 Å². The van der Waals surface area contributed by atoms with Gasteiger partial charge in [-0.05, 0) is 36.5 Å². The van der Waals surface area contributed by atoms with Gasteiger partial charge >= 0.3 is 0 Å². The van der Waals surface area contributed by atoms with E-state index in [2.05, 4.69) is 32.6 Å². The molecule has 0 radical (unpaired) electrons. The summed E-state index contributed by atoms with van der Waals surface area (Å²) in [7, 11) is 0. The first-order valence-corrected chi connectivity index (χ1v) is 7.19. The SMILES string of the molecule is Cc1nc2cnccn2c1Cc1ccc2c(c1)CCC2=N. The van der Waals surface area contributed by atoms with Gasteiger partial charge in [-0.25, -0.2) is 4.98 Å². The molecule has 2 aromatic heterocycles. The number of aromatic nitrogens is 3. The van der Waals surface area contributed by atoms with Crippen molar-refractivity contribution >= 4 is 11.4 Å². The van der Waals surface area contributed by atoms with Gasteiger partial charge in [0.05, 0.1) is 11.9 Å². The second-order valence-electron chi connectivity index (χ2n) is 5.60. The fourth-order valence-corrected chi connectivity index (χ4v) is 3.13. The van der Waals surface area contributed by atoms with Crippen molar-refractivity contribution in [2.75, 3.05) is 0 Å². The van der Waals surface area contributed by atoms with E-state index in [9.17, 15) is 0 Å². The molecule has 0 saturated heterocycles. The predicted molar refractivity (Wildman–Crippen MR) is 82.1 cm³/mol. The van der Waals surface area contributed by atoms with E-state index < -0.39 is 0 Å². The van der Waals surface area contributed by atoms with Crippen molar-refractivity contribution in [2.24, 2.45) is 0 Å². The molecule has 0 unspecified atom stereocenters. The molecule has 1 aliphatic carbocycles. The minimum atomic E-state index is 0.772. The summed E-state index contributed by atoms with van der Waals surface area (Å²) in [5, 5.41) is 7.92. The fourth-order valence-electron chi connectivity index (χ4n) is 3.13. The Morgan fingerprint density at radius 2 is 2.19 bits per heavy atom. The summed E-state index contributed by atoms with van der Waals surface area (Å²) >= 11 is 0. The normalized spacial score (nSPS) is 13.9. The highest BCUT2D eigenvalue weighted by atomic mass is 15.0. The molecule has 4 nitrogen and oxygen atoms in total. The standard InChI is InChI=1S/C17H16N4/c1-11-16(21-7-6-19-10-17(21)20-11)9-12-2-4-14-13(8-12)3-5-15(14)18/h2,4,6-8,10,18H,3,5,9H2,1H3. The Labute approximate surface area is 123 Å². The van der Waals surface area contributed by atoms with Crippen molar-refractivity contribution in [3.63, 3.8) is 0 Å². The Kier molecular flexibility index (Phi) is 2.64. The minimum absolute atomic E-state index is 0.772. The molecule has 0 atom stereocenters. The zero-order chi connectivity index (χ0) is 14.4. The summed E-state index contributed by atoms with van der Waals surface area (Å²) in [6.07, 6.45) is 8.28. The van der Waals surface area contributed by atoms with Crippen LogP contribution in [-0.2, 0) is 12.8 Å².